The first-order chi connectivity index (χ1) is 16.5. The number of hydrogen-bond acceptors (Lipinski definition) is 7. The maximum absolute atomic E-state index is 13.7. The molecule has 34 heavy (non-hydrogen) atoms. The lowest BCUT2D eigenvalue weighted by Gasteiger charge is -2.29. The van der Waals surface area contributed by atoms with E-state index in [1.807, 2.05) is 25.1 Å². The Labute approximate surface area is 196 Å². The van der Waals surface area contributed by atoms with Crippen LogP contribution in [0, 0.1) is 6.92 Å². The van der Waals surface area contributed by atoms with Gasteiger partial charge in [0.25, 0.3) is 10.0 Å². The third-order valence-corrected chi connectivity index (χ3v) is 7.78. The Balaban J connectivity index is 1.65. The summed E-state index contributed by atoms with van der Waals surface area (Å²) in [5.41, 5.74) is 4.34. The zero-order valence-electron chi connectivity index (χ0n) is 18.5. The van der Waals surface area contributed by atoms with Gasteiger partial charge in [-0.05, 0) is 37.3 Å². The summed E-state index contributed by atoms with van der Waals surface area (Å²) in [5, 5.41) is 5.19. The Morgan fingerprint density at radius 2 is 1.76 bits per heavy atom. The summed E-state index contributed by atoms with van der Waals surface area (Å²) >= 11 is 0. The zero-order chi connectivity index (χ0) is 23.3. The number of anilines is 1. The molecule has 1 fully saturated rings. The molecule has 0 radical (unpaired) electrons. The molecule has 172 valence electrons. The Morgan fingerprint density at radius 3 is 2.56 bits per heavy atom. The van der Waals surface area contributed by atoms with Gasteiger partial charge in [-0.2, -0.15) is 5.10 Å². The quantitative estimate of drug-likeness (QED) is 0.395. The first kappa shape index (κ1) is 20.8. The number of morpholine rings is 1. The molecule has 1 saturated heterocycles. The molecule has 6 rings (SSSR count). The van der Waals surface area contributed by atoms with Crippen molar-refractivity contribution in [3.8, 4) is 11.3 Å². The monoisotopic (exact) mass is 474 g/mol. The van der Waals surface area contributed by atoms with Crippen molar-refractivity contribution in [1.82, 2.24) is 23.6 Å². The van der Waals surface area contributed by atoms with Crippen LogP contribution in [0.2, 0.25) is 0 Å². The number of fused-ring (bicyclic) bond motifs is 2. The summed E-state index contributed by atoms with van der Waals surface area (Å²) in [6, 6.07) is 12.4. The fourth-order valence-electron chi connectivity index (χ4n) is 4.39. The predicted octanol–water partition coefficient (Wildman–Crippen LogP) is 3.13. The standard InChI is InChI=1S/C24H22N6O3S/c1-17-4-6-18(7-5-17)34(31,32)29-16-19(21-15-26-22-3-2-9-27-30(21)22)23-20(8-10-25-24(23)29)28-11-13-33-14-12-28/h2-10,15-16H,11-14H2,1H3. The average molecular weight is 475 g/mol. The number of nitrogens with zero attached hydrogens (tertiary/aromatic N) is 6. The molecule has 0 N–H and O–H groups in total. The summed E-state index contributed by atoms with van der Waals surface area (Å²) in [7, 11) is -3.89. The predicted molar refractivity (Wildman–Crippen MR) is 129 cm³/mol. The van der Waals surface area contributed by atoms with Gasteiger partial charge in [0.2, 0.25) is 0 Å². The number of ether oxygens (including phenoxy) is 1. The van der Waals surface area contributed by atoms with Gasteiger partial charge in [-0.1, -0.05) is 17.7 Å². The van der Waals surface area contributed by atoms with Crippen LogP contribution in [-0.2, 0) is 14.8 Å². The normalized spacial score (nSPS) is 14.8. The van der Waals surface area contributed by atoms with Gasteiger partial charge in [-0.15, -0.1) is 0 Å². The Hall–Kier alpha value is -3.76. The number of benzene rings is 1. The Kier molecular flexibility index (Phi) is 4.85. The smallest absolute Gasteiger partial charge is 0.269 e. The van der Waals surface area contributed by atoms with Crippen LogP contribution in [0.1, 0.15) is 5.56 Å². The van der Waals surface area contributed by atoms with E-state index in [9.17, 15) is 8.42 Å². The van der Waals surface area contributed by atoms with Crippen molar-refractivity contribution < 1.29 is 13.2 Å². The fraction of sp³-hybridized carbons (Fsp3) is 0.208. The van der Waals surface area contributed by atoms with Crippen LogP contribution in [-0.4, -0.2) is 58.3 Å². The number of aryl methyl sites for hydroxylation is 1. The second-order valence-electron chi connectivity index (χ2n) is 8.22. The Morgan fingerprint density at radius 1 is 0.971 bits per heavy atom. The van der Waals surface area contributed by atoms with Crippen LogP contribution in [0.5, 0.6) is 0 Å². The summed E-state index contributed by atoms with van der Waals surface area (Å²) in [6.07, 6.45) is 6.69. The molecule has 0 aliphatic carbocycles. The maximum atomic E-state index is 13.7. The second kappa shape index (κ2) is 7.93. The van der Waals surface area contributed by atoms with Crippen LogP contribution >= 0.6 is 0 Å². The lowest BCUT2D eigenvalue weighted by molar-refractivity contribution is 0.123. The van der Waals surface area contributed by atoms with E-state index in [2.05, 4.69) is 20.0 Å². The molecular weight excluding hydrogens is 452 g/mol. The summed E-state index contributed by atoms with van der Waals surface area (Å²) in [6.45, 7) is 4.56. The summed E-state index contributed by atoms with van der Waals surface area (Å²) < 4.78 is 36.0. The molecule has 1 aliphatic heterocycles. The molecule has 0 atom stereocenters. The van der Waals surface area contributed by atoms with Gasteiger partial charge < -0.3 is 9.64 Å². The van der Waals surface area contributed by atoms with E-state index in [-0.39, 0.29) is 4.90 Å². The summed E-state index contributed by atoms with van der Waals surface area (Å²) in [4.78, 5) is 11.4. The molecule has 0 unspecified atom stereocenters. The third kappa shape index (κ3) is 3.25. The lowest BCUT2D eigenvalue weighted by Crippen LogP contribution is -2.36. The van der Waals surface area contributed by atoms with Crippen molar-refractivity contribution in [2.45, 2.75) is 11.8 Å². The molecule has 1 aliphatic rings. The molecular formula is C24H22N6O3S. The van der Waals surface area contributed by atoms with Gasteiger partial charge in [0.1, 0.15) is 0 Å². The summed E-state index contributed by atoms with van der Waals surface area (Å²) in [5.74, 6) is 0. The molecule has 0 spiro atoms. The molecule has 0 amide bonds. The van der Waals surface area contributed by atoms with Crippen molar-refractivity contribution in [3.63, 3.8) is 0 Å². The number of rotatable bonds is 4. The van der Waals surface area contributed by atoms with E-state index < -0.39 is 10.0 Å². The maximum Gasteiger partial charge on any atom is 0.269 e. The highest BCUT2D eigenvalue weighted by molar-refractivity contribution is 7.90. The van der Waals surface area contributed by atoms with E-state index in [0.29, 0.717) is 48.9 Å². The SMILES string of the molecule is Cc1ccc(S(=O)(=O)n2cc(-c3cnc4cccnn34)c3c(N4CCOCC4)ccnc32)cc1. The molecule has 10 heteroatoms. The van der Waals surface area contributed by atoms with Crippen LogP contribution in [0.4, 0.5) is 5.69 Å². The second-order valence-corrected chi connectivity index (χ2v) is 10.0. The van der Waals surface area contributed by atoms with E-state index in [1.54, 1.807) is 53.6 Å². The Bertz CT molecular complexity index is 1620. The van der Waals surface area contributed by atoms with Crippen LogP contribution < -0.4 is 4.90 Å². The van der Waals surface area contributed by atoms with Crippen LogP contribution in [0.3, 0.4) is 0 Å². The molecule has 5 heterocycles. The largest absolute Gasteiger partial charge is 0.378 e. The minimum Gasteiger partial charge on any atom is -0.378 e. The van der Waals surface area contributed by atoms with Crippen molar-refractivity contribution in [2.75, 3.05) is 31.2 Å². The highest BCUT2D eigenvalue weighted by Gasteiger charge is 2.27. The highest BCUT2D eigenvalue weighted by Crippen LogP contribution is 2.38. The molecule has 5 aromatic rings. The molecule has 1 aromatic carbocycles. The number of pyridine rings is 1. The highest BCUT2D eigenvalue weighted by atomic mass is 32.2. The number of hydrogen-bond donors (Lipinski definition) is 0. The van der Waals surface area contributed by atoms with E-state index in [4.69, 9.17) is 4.74 Å². The zero-order valence-corrected chi connectivity index (χ0v) is 19.3. The first-order valence-corrected chi connectivity index (χ1v) is 12.4. The topological polar surface area (TPSA) is 94.6 Å². The molecule has 9 nitrogen and oxygen atoms in total. The van der Waals surface area contributed by atoms with Gasteiger partial charge in [0.15, 0.2) is 11.3 Å². The third-order valence-electron chi connectivity index (χ3n) is 6.12. The molecule has 0 bridgehead atoms. The molecule has 0 saturated carbocycles. The number of imidazole rings is 1. The van der Waals surface area contributed by atoms with Gasteiger partial charge in [-0.25, -0.2) is 26.9 Å². The fourth-order valence-corrected chi connectivity index (χ4v) is 5.71. The van der Waals surface area contributed by atoms with E-state index in [0.717, 1.165) is 16.6 Å². The van der Waals surface area contributed by atoms with E-state index >= 15 is 0 Å². The lowest BCUT2D eigenvalue weighted by atomic mass is 10.1. The van der Waals surface area contributed by atoms with Gasteiger partial charge in [0, 0.05) is 37.2 Å². The van der Waals surface area contributed by atoms with Crippen molar-refractivity contribution >= 4 is 32.4 Å². The van der Waals surface area contributed by atoms with E-state index in [1.165, 1.54) is 3.97 Å². The van der Waals surface area contributed by atoms with Crippen LogP contribution in [0.15, 0.2) is 72.1 Å². The van der Waals surface area contributed by atoms with Gasteiger partial charge >= 0.3 is 0 Å². The minimum absolute atomic E-state index is 0.205. The van der Waals surface area contributed by atoms with Crippen molar-refractivity contribution in [2.24, 2.45) is 0 Å². The van der Waals surface area contributed by atoms with Crippen molar-refractivity contribution in [1.29, 1.82) is 0 Å². The minimum atomic E-state index is -3.89. The number of aromatic nitrogens is 5. The first-order valence-electron chi connectivity index (χ1n) is 11.0. The van der Waals surface area contributed by atoms with Crippen molar-refractivity contribution in [3.05, 3.63) is 72.8 Å². The average Bonchev–Trinajstić information content (AvgIpc) is 3.47. The van der Waals surface area contributed by atoms with Gasteiger partial charge in [-0.3, -0.25) is 0 Å². The van der Waals surface area contributed by atoms with Crippen LogP contribution in [0.25, 0.3) is 27.9 Å². The molecule has 4 aromatic heterocycles. The van der Waals surface area contributed by atoms with Gasteiger partial charge in [0.05, 0.1) is 41.1 Å².